The fourth-order valence-corrected chi connectivity index (χ4v) is 11.8. The first-order valence-electron chi connectivity index (χ1n) is 58.1. The Labute approximate surface area is 646 Å². The molecule has 98 heavy (non-hydrogen) atoms. The standard InChI is InChI=1S/C50H30O.C46H28O/c1-2-12-34-30-48-46(28-33(34)11-1)45-29-38(23-25-47(45)51-48)50-43-18-7-5-16-41(43)49(42-17-6-8-19-44(42)50)37-14-9-13-32(27-37)35-22-24-40-36(26-35)21-20-31-10-3-4-15-39(31)40;1-2-11-30-24-34(21-20-29(30)10-1)31-14-9-15-35(25-31)45-37-16-5-7-18-39(37)46(40-19-8-6-17-38(40)45)36-22-23-43-41(27-36)42-26-32-12-3-4-13-33(32)28-44(42)47-43/h1-30H;1-28H/i1D,2D,3D,4D,5D,6D,7D,8D,9D,10D,11D,12D,13D,14D,15D,16D,17D,18D,19D,20D,21D,22D,23D,24D,25D,26D,27D,28D,29D,30D;1D,2D,3D,4D,5D,6D,7D,8D,9D,10D,11D,12D,13D,14D,15D,16D,17D,18D,19D,20D,21D,22D,23D,24D,25D,26D,27D,28D. The molecule has 0 aliphatic carbocycles. The molecule has 0 spiro atoms. The summed E-state index contributed by atoms with van der Waals surface area (Å²) in [6, 6.07) is -53.5. The van der Waals surface area contributed by atoms with Gasteiger partial charge in [0.15, 0.2) is 0 Å². The summed E-state index contributed by atoms with van der Waals surface area (Å²) in [5.41, 5.74) is -12.3. The molecule has 0 bridgehead atoms. The Hall–Kier alpha value is -12.9. The van der Waals surface area contributed by atoms with Gasteiger partial charge in [-0.3, -0.25) is 0 Å². The monoisotopic (exact) mass is 1300 g/mol. The first-order valence-corrected chi connectivity index (χ1v) is 29.1. The molecular weight excluding hydrogens is 1190 g/mol. The molecule has 0 aliphatic rings. The van der Waals surface area contributed by atoms with Crippen LogP contribution in [0.5, 0.6) is 0 Å². The van der Waals surface area contributed by atoms with Gasteiger partial charge < -0.3 is 8.83 Å². The van der Waals surface area contributed by atoms with E-state index in [0.29, 0.717) is 0 Å². The van der Waals surface area contributed by atoms with Gasteiger partial charge in [0, 0.05) is 21.5 Å². The molecule has 2 nitrogen and oxygen atoms in total. The first kappa shape index (κ1) is 22.9. The number of furan rings is 2. The number of fused-ring (bicyclic) bond motifs is 16. The molecule has 21 rings (SSSR count). The zero-order valence-corrected chi connectivity index (χ0v) is 48.8. The fraction of sp³-hybridized carbons (Fsp3) is 0. The normalized spacial score (nSPS) is 20.2. The second kappa shape index (κ2) is 22.4. The molecule has 21 aromatic rings. The minimum Gasteiger partial charge on any atom is -0.456 e. The second-order valence-corrected chi connectivity index (χ2v) is 21.5. The van der Waals surface area contributed by atoms with Crippen LogP contribution >= 0.6 is 0 Å². The molecule has 0 N–H and O–H groups in total. The molecule has 0 radical (unpaired) electrons. The van der Waals surface area contributed by atoms with E-state index >= 15 is 0 Å². The van der Waals surface area contributed by atoms with Crippen molar-refractivity contribution in [1.29, 1.82) is 0 Å². The van der Waals surface area contributed by atoms with E-state index in [-0.39, 0.29) is 0 Å². The van der Waals surface area contributed by atoms with Gasteiger partial charge in [0.25, 0.3) is 0 Å². The van der Waals surface area contributed by atoms with Gasteiger partial charge in [0.05, 0.1) is 79.5 Å². The van der Waals surface area contributed by atoms with Crippen LogP contribution in [0.1, 0.15) is 79.5 Å². The molecule has 2 heteroatoms. The van der Waals surface area contributed by atoms with Gasteiger partial charge in [0.2, 0.25) is 0 Å². The van der Waals surface area contributed by atoms with Crippen molar-refractivity contribution in [1.82, 2.24) is 0 Å². The lowest BCUT2D eigenvalue weighted by Gasteiger charge is -2.18. The van der Waals surface area contributed by atoms with Crippen molar-refractivity contribution in [2.75, 3.05) is 0 Å². The largest absolute Gasteiger partial charge is 0.456 e. The van der Waals surface area contributed by atoms with E-state index < -0.39 is 558 Å². The maximum absolute atomic E-state index is 9.92. The predicted octanol–water partition coefficient (Wildman–Crippen LogP) is 27.6. The minimum absolute atomic E-state index is 0.451. The highest BCUT2D eigenvalue weighted by Crippen LogP contribution is 2.49. The number of hydrogen-bond acceptors (Lipinski definition) is 2. The van der Waals surface area contributed by atoms with Crippen LogP contribution in [-0.2, 0) is 0 Å². The highest BCUT2D eigenvalue weighted by Gasteiger charge is 2.22. The number of hydrogen-bond donors (Lipinski definition) is 0. The number of benzene rings is 19. The Kier molecular flexibility index (Phi) is 5.24. The van der Waals surface area contributed by atoms with E-state index in [2.05, 4.69) is 0 Å². The summed E-state index contributed by atoms with van der Waals surface area (Å²) in [5, 5.41) is -13.6. The van der Waals surface area contributed by atoms with Crippen LogP contribution in [0.25, 0.3) is 208 Å². The van der Waals surface area contributed by atoms with Gasteiger partial charge in [-0.2, -0.15) is 0 Å². The number of rotatable bonds is 6. The van der Waals surface area contributed by atoms with Gasteiger partial charge >= 0.3 is 0 Å². The quantitative estimate of drug-likeness (QED) is 0.123. The third-order valence-electron chi connectivity index (χ3n) is 16.1. The molecule has 0 saturated heterocycles. The molecule has 2 aromatic heterocycles. The summed E-state index contributed by atoms with van der Waals surface area (Å²) >= 11 is 0. The lowest BCUT2D eigenvalue weighted by molar-refractivity contribution is 0.669. The Balaban J connectivity index is 0.000000188. The molecule has 2 heterocycles. The topological polar surface area (TPSA) is 26.3 Å². The molecule has 0 fully saturated rings. The van der Waals surface area contributed by atoms with Crippen LogP contribution < -0.4 is 0 Å². The molecule has 0 amide bonds. The van der Waals surface area contributed by atoms with Crippen molar-refractivity contribution < 1.29 is 88.3 Å². The van der Waals surface area contributed by atoms with Crippen molar-refractivity contribution in [2.24, 2.45) is 0 Å². The lowest BCUT2D eigenvalue weighted by Crippen LogP contribution is -1.91. The maximum atomic E-state index is 9.92. The average Bonchev–Trinajstić information content (AvgIpc) is 1.07. The molecular formula is C96H58O2. The molecule has 19 aromatic carbocycles. The van der Waals surface area contributed by atoms with E-state index in [4.69, 9.17) is 52.7 Å². The van der Waals surface area contributed by atoms with Gasteiger partial charge in [-0.25, -0.2) is 0 Å². The maximum Gasteiger partial charge on any atom is 0.136 e. The molecule has 0 saturated carbocycles. The van der Waals surface area contributed by atoms with E-state index in [1.165, 1.54) is 0 Å². The van der Waals surface area contributed by atoms with Crippen molar-refractivity contribution in [2.45, 2.75) is 0 Å². The zero-order valence-electron chi connectivity index (χ0n) is 107. The van der Waals surface area contributed by atoms with Crippen molar-refractivity contribution >= 4 is 141 Å². The zero-order chi connectivity index (χ0) is 115. The second-order valence-electron chi connectivity index (χ2n) is 21.5. The van der Waals surface area contributed by atoms with E-state index in [1.54, 1.807) is 0 Å². The molecule has 0 atom stereocenters. The summed E-state index contributed by atoms with van der Waals surface area (Å²) in [6.07, 6.45) is 0. The molecule has 0 aliphatic heterocycles. The SMILES string of the molecule is [2H]c1c([2H])c(-c2c([2H])c([2H])c3c([2H])c([2H])c([2H])c([2H])c3c2[2H])c([2H])c(-c2c3c([2H])c([2H])c([2H])c([2H])c3c(-c3c([2H])c([2H])c4oc5c([2H])c6c([2H])c([2H])c([2H])c([2H])c6c([2H])c5c4c3[2H])c3c([2H])c([2H])c([2H])c([2H])c23)c1[2H].[2H]c1c([2H])c(-c2c([2H])c([2H])c3c(c2[2H])c([2H])c([2H])c2c([2H])c([2H])c([2H])c([2H])c23)c([2H])c(-c2c3c([2H])c([2H])c([2H])c([2H])c3c(-c3c([2H])c([2H])c4oc5c([2H])c6c([2H])c([2H])c([2H])c([2H])c6c([2H])c5c4c3[2H])c3c([2H])c([2H])c([2H])c([2H])c23)c1[2H]. The highest BCUT2D eigenvalue weighted by atomic mass is 16.3. The van der Waals surface area contributed by atoms with Crippen molar-refractivity contribution in [3.63, 3.8) is 0 Å². The van der Waals surface area contributed by atoms with Crippen LogP contribution in [-0.4, -0.2) is 0 Å². The first-order chi connectivity index (χ1) is 72.8. The molecule has 0 unspecified atom stereocenters. The lowest BCUT2D eigenvalue weighted by atomic mass is 9.85. The predicted molar refractivity (Wildman–Crippen MR) is 418 cm³/mol. The summed E-state index contributed by atoms with van der Waals surface area (Å²) in [5.74, 6) is 0. The van der Waals surface area contributed by atoms with E-state index in [1.807, 2.05) is 0 Å². The van der Waals surface area contributed by atoms with Crippen molar-refractivity contribution in [3.05, 3.63) is 350 Å². The summed E-state index contributed by atoms with van der Waals surface area (Å²) in [6.45, 7) is 0. The summed E-state index contributed by atoms with van der Waals surface area (Å²) < 4.78 is 536. The van der Waals surface area contributed by atoms with E-state index in [9.17, 15) is 35.6 Å². The van der Waals surface area contributed by atoms with Crippen LogP contribution in [0.4, 0.5) is 0 Å². The average molecular weight is 1300 g/mol. The fourth-order valence-electron chi connectivity index (χ4n) is 11.8. The Morgan fingerprint density at radius 2 is 0.418 bits per heavy atom. The minimum atomic E-state index is -1.13. The van der Waals surface area contributed by atoms with E-state index in [0.717, 1.165) is 0 Å². The summed E-state index contributed by atoms with van der Waals surface area (Å²) in [4.78, 5) is 0. The Morgan fingerprint density at radius 3 is 0.857 bits per heavy atom. The summed E-state index contributed by atoms with van der Waals surface area (Å²) in [7, 11) is 0. The third-order valence-corrected chi connectivity index (χ3v) is 16.1. The Bertz CT molecular complexity index is 10400. The van der Waals surface area contributed by atoms with Crippen LogP contribution in [0.3, 0.4) is 0 Å². The smallest absolute Gasteiger partial charge is 0.136 e. The van der Waals surface area contributed by atoms with Crippen LogP contribution in [0.15, 0.2) is 359 Å². The van der Waals surface area contributed by atoms with Gasteiger partial charge in [0.1, 0.15) is 22.3 Å². The Morgan fingerprint density at radius 1 is 0.143 bits per heavy atom. The van der Waals surface area contributed by atoms with Gasteiger partial charge in [-0.05, 0) is 236 Å². The van der Waals surface area contributed by atoms with Gasteiger partial charge in [-0.15, -0.1) is 0 Å². The van der Waals surface area contributed by atoms with Crippen LogP contribution in [0, 0.1) is 0 Å². The van der Waals surface area contributed by atoms with Crippen LogP contribution in [0.2, 0.25) is 0 Å². The highest BCUT2D eigenvalue weighted by molar-refractivity contribution is 6.25. The van der Waals surface area contributed by atoms with Gasteiger partial charge in [-0.1, -0.05) is 278 Å². The molecule has 454 valence electrons. The van der Waals surface area contributed by atoms with Crippen molar-refractivity contribution in [3.8, 4) is 66.8 Å². The third kappa shape index (κ3) is 9.10.